The number of amides is 2. The quantitative estimate of drug-likeness (QED) is 0.738. The van der Waals surface area contributed by atoms with Gasteiger partial charge in [0.05, 0.1) is 0 Å². The molecule has 1 aliphatic carbocycles. The monoisotopic (exact) mass is 254 g/mol. The maximum Gasteiger partial charge on any atom is 0.325 e. The van der Waals surface area contributed by atoms with Crippen molar-refractivity contribution in [3.63, 3.8) is 0 Å². The summed E-state index contributed by atoms with van der Waals surface area (Å²) in [7, 11) is 0. The molecule has 2 fully saturated rings. The minimum Gasteiger partial charge on any atom is -0.480 e. The van der Waals surface area contributed by atoms with Crippen LogP contribution in [0.1, 0.15) is 32.6 Å². The third kappa shape index (κ3) is 2.63. The Morgan fingerprint density at radius 3 is 2.50 bits per heavy atom. The third-order valence-electron chi connectivity index (χ3n) is 3.49. The predicted octanol–water partition coefficient (Wildman–Crippen LogP) is -0.0233. The summed E-state index contributed by atoms with van der Waals surface area (Å²) in [5, 5.41) is 11.2. The molecule has 2 aliphatic rings. The van der Waals surface area contributed by atoms with Gasteiger partial charge in [0.2, 0.25) is 11.8 Å². The Hall–Kier alpha value is -1.59. The molecule has 1 heterocycles. The largest absolute Gasteiger partial charge is 0.480 e. The first-order valence-electron chi connectivity index (χ1n) is 6.34. The number of aliphatic carboxylic acids is 1. The molecule has 2 atom stereocenters. The van der Waals surface area contributed by atoms with Gasteiger partial charge in [0.15, 0.2) is 0 Å². The van der Waals surface area contributed by atoms with Crippen molar-refractivity contribution in [2.24, 2.45) is 5.92 Å². The van der Waals surface area contributed by atoms with Crippen LogP contribution in [0.2, 0.25) is 0 Å². The zero-order valence-electron chi connectivity index (χ0n) is 10.4. The molecule has 0 aromatic rings. The van der Waals surface area contributed by atoms with Gasteiger partial charge in [0.1, 0.15) is 12.1 Å². The molecule has 0 aromatic carbocycles. The summed E-state index contributed by atoms with van der Waals surface area (Å²) in [6, 6.07) is -1.41. The number of carboxylic acids is 1. The summed E-state index contributed by atoms with van der Waals surface area (Å²) in [4.78, 5) is 36.2. The highest BCUT2D eigenvalue weighted by Crippen LogP contribution is 2.33. The zero-order chi connectivity index (χ0) is 13.3. The molecule has 1 aliphatic heterocycles. The normalized spacial score (nSPS) is 24.7. The molecule has 0 bridgehead atoms. The van der Waals surface area contributed by atoms with Crippen LogP contribution in [0.25, 0.3) is 0 Å². The molecule has 0 spiro atoms. The summed E-state index contributed by atoms with van der Waals surface area (Å²) in [5.74, 6) is -1.27. The molecule has 0 radical (unpaired) electrons. The van der Waals surface area contributed by atoms with E-state index in [4.69, 9.17) is 5.11 Å². The van der Waals surface area contributed by atoms with Gasteiger partial charge in [-0.3, -0.25) is 14.4 Å². The Morgan fingerprint density at radius 2 is 1.94 bits per heavy atom. The van der Waals surface area contributed by atoms with Crippen LogP contribution in [0.3, 0.4) is 0 Å². The zero-order valence-corrected chi connectivity index (χ0v) is 10.4. The number of carbonyl (C=O) groups excluding carboxylic acids is 2. The topological polar surface area (TPSA) is 86.7 Å². The fraction of sp³-hybridized carbons (Fsp3) is 0.750. The SMILES string of the molecule is C[C@@H](NC(=O)C1CCCN1C(=O)C1CC1)C(=O)O. The molecule has 6 heteroatoms. The lowest BCUT2D eigenvalue weighted by Crippen LogP contribution is -2.50. The number of carbonyl (C=O) groups is 3. The lowest BCUT2D eigenvalue weighted by Gasteiger charge is -2.24. The Kier molecular flexibility index (Phi) is 3.54. The minimum absolute atomic E-state index is 0.0515. The van der Waals surface area contributed by atoms with E-state index in [1.54, 1.807) is 4.90 Å². The number of nitrogens with zero attached hydrogens (tertiary/aromatic N) is 1. The van der Waals surface area contributed by atoms with Crippen LogP contribution in [0.4, 0.5) is 0 Å². The van der Waals surface area contributed by atoms with Gasteiger partial charge >= 0.3 is 5.97 Å². The van der Waals surface area contributed by atoms with Crippen molar-refractivity contribution in [1.29, 1.82) is 0 Å². The third-order valence-corrected chi connectivity index (χ3v) is 3.49. The van der Waals surface area contributed by atoms with Crippen molar-refractivity contribution in [1.82, 2.24) is 10.2 Å². The first-order valence-corrected chi connectivity index (χ1v) is 6.34. The summed E-state index contributed by atoms with van der Waals surface area (Å²) in [6.07, 6.45) is 3.25. The Balaban J connectivity index is 1.95. The van der Waals surface area contributed by atoms with Gasteiger partial charge in [-0.2, -0.15) is 0 Å². The van der Waals surface area contributed by atoms with E-state index in [1.165, 1.54) is 6.92 Å². The number of likely N-dealkylation sites (tertiary alicyclic amines) is 1. The highest BCUT2D eigenvalue weighted by molar-refractivity contribution is 5.91. The van der Waals surface area contributed by atoms with Gasteiger partial charge < -0.3 is 15.3 Å². The first kappa shape index (κ1) is 12.9. The molecule has 2 amide bonds. The van der Waals surface area contributed by atoms with Crippen molar-refractivity contribution >= 4 is 17.8 Å². The minimum atomic E-state index is -1.07. The van der Waals surface area contributed by atoms with Crippen LogP contribution >= 0.6 is 0 Å². The van der Waals surface area contributed by atoms with Gasteiger partial charge in [-0.05, 0) is 32.6 Å². The van der Waals surface area contributed by atoms with E-state index in [-0.39, 0.29) is 17.7 Å². The fourth-order valence-electron chi connectivity index (χ4n) is 2.24. The molecule has 0 aromatic heterocycles. The van der Waals surface area contributed by atoms with Crippen LogP contribution < -0.4 is 5.32 Å². The van der Waals surface area contributed by atoms with Crippen LogP contribution in [0, 0.1) is 5.92 Å². The summed E-state index contributed by atoms with van der Waals surface area (Å²) < 4.78 is 0. The molecule has 2 N–H and O–H groups in total. The highest BCUT2D eigenvalue weighted by atomic mass is 16.4. The molecule has 100 valence electrons. The molecule has 6 nitrogen and oxygen atoms in total. The Labute approximate surface area is 105 Å². The highest BCUT2D eigenvalue weighted by Gasteiger charge is 2.41. The second-order valence-corrected chi connectivity index (χ2v) is 5.03. The van der Waals surface area contributed by atoms with Gasteiger partial charge in [-0.15, -0.1) is 0 Å². The molecule has 2 rings (SSSR count). The van der Waals surface area contributed by atoms with E-state index in [0.29, 0.717) is 13.0 Å². The lowest BCUT2D eigenvalue weighted by molar-refractivity contribution is -0.143. The smallest absolute Gasteiger partial charge is 0.325 e. The first-order chi connectivity index (χ1) is 8.50. The Morgan fingerprint density at radius 1 is 1.28 bits per heavy atom. The van der Waals surface area contributed by atoms with E-state index in [1.807, 2.05) is 0 Å². The lowest BCUT2D eigenvalue weighted by atomic mass is 10.2. The summed E-state index contributed by atoms with van der Waals surface area (Å²) >= 11 is 0. The Bertz CT molecular complexity index is 378. The van der Waals surface area contributed by atoms with Gasteiger partial charge in [0.25, 0.3) is 0 Å². The number of carboxylic acid groups (broad SMARTS) is 1. The average Bonchev–Trinajstić information content (AvgIpc) is 3.04. The number of hydrogen-bond acceptors (Lipinski definition) is 3. The van der Waals surface area contributed by atoms with Gasteiger partial charge in [-0.1, -0.05) is 0 Å². The van der Waals surface area contributed by atoms with E-state index in [2.05, 4.69) is 5.32 Å². The maximum atomic E-state index is 12.0. The fourth-order valence-corrected chi connectivity index (χ4v) is 2.24. The predicted molar refractivity (Wildman–Crippen MR) is 62.7 cm³/mol. The van der Waals surface area contributed by atoms with Crippen molar-refractivity contribution in [2.75, 3.05) is 6.54 Å². The van der Waals surface area contributed by atoms with E-state index < -0.39 is 18.1 Å². The maximum absolute atomic E-state index is 12.0. The van der Waals surface area contributed by atoms with E-state index in [9.17, 15) is 14.4 Å². The van der Waals surface area contributed by atoms with Crippen LogP contribution in [-0.2, 0) is 14.4 Å². The molecular formula is C12H18N2O4. The second kappa shape index (κ2) is 4.96. The second-order valence-electron chi connectivity index (χ2n) is 5.03. The number of rotatable bonds is 4. The molecule has 1 saturated carbocycles. The van der Waals surface area contributed by atoms with Gasteiger partial charge in [-0.25, -0.2) is 0 Å². The van der Waals surface area contributed by atoms with Crippen LogP contribution in [0.5, 0.6) is 0 Å². The van der Waals surface area contributed by atoms with Crippen molar-refractivity contribution in [3.05, 3.63) is 0 Å². The molecular weight excluding hydrogens is 236 g/mol. The van der Waals surface area contributed by atoms with Gasteiger partial charge in [0, 0.05) is 12.5 Å². The summed E-state index contributed by atoms with van der Waals surface area (Å²) in [6.45, 7) is 2.02. The van der Waals surface area contributed by atoms with Crippen molar-refractivity contribution in [2.45, 2.75) is 44.7 Å². The van der Waals surface area contributed by atoms with Crippen LogP contribution in [0.15, 0.2) is 0 Å². The van der Waals surface area contributed by atoms with Crippen molar-refractivity contribution in [3.8, 4) is 0 Å². The molecule has 18 heavy (non-hydrogen) atoms. The molecule has 1 saturated heterocycles. The summed E-state index contributed by atoms with van der Waals surface area (Å²) in [5.41, 5.74) is 0. The van der Waals surface area contributed by atoms with E-state index >= 15 is 0 Å². The van der Waals surface area contributed by atoms with E-state index in [0.717, 1.165) is 19.3 Å². The standard InChI is InChI=1S/C12H18N2O4/c1-7(12(17)18)13-10(15)9-3-2-6-14(9)11(16)8-4-5-8/h7-9H,2-6H2,1H3,(H,13,15)(H,17,18)/t7-,9?/m1/s1. The number of hydrogen-bond donors (Lipinski definition) is 2. The number of nitrogens with one attached hydrogen (secondary N) is 1. The van der Waals surface area contributed by atoms with Crippen molar-refractivity contribution < 1.29 is 19.5 Å². The average molecular weight is 254 g/mol. The van der Waals surface area contributed by atoms with Crippen LogP contribution in [-0.4, -0.2) is 46.4 Å². The molecule has 1 unspecified atom stereocenters.